The van der Waals surface area contributed by atoms with E-state index in [0.29, 0.717) is 22.8 Å². The number of hydrogen-bond donors (Lipinski definition) is 2. The third-order valence-electron chi connectivity index (χ3n) is 2.59. The number of nitrogen functional groups attached to an aromatic ring is 1. The molecular weight excluding hydrogens is 217 g/mol. The van der Waals surface area contributed by atoms with Crippen molar-refractivity contribution in [3.8, 4) is 0 Å². The first-order chi connectivity index (χ1) is 8.06. The van der Waals surface area contributed by atoms with E-state index in [1.54, 1.807) is 31.3 Å². The van der Waals surface area contributed by atoms with Crippen molar-refractivity contribution in [1.82, 2.24) is 4.98 Å². The summed E-state index contributed by atoms with van der Waals surface area (Å²) < 4.78 is 13.3. The van der Waals surface area contributed by atoms with Crippen LogP contribution in [0.2, 0.25) is 0 Å². The third-order valence-corrected chi connectivity index (χ3v) is 2.59. The van der Waals surface area contributed by atoms with Crippen LogP contribution in [0.25, 0.3) is 0 Å². The van der Waals surface area contributed by atoms with Crippen molar-refractivity contribution in [3.63, 3.8) is 0 Å². The second-order valence-corrected chi connectivity index (χ2v) is 4.02. The minimum atomic E-state index is -0.241. The molecule has 4 heteroatoms. The van der Waals surface area contributed by atoms with E-state index in [-0.39, 0.29) is 5.82 Å². The predicted molar refractivity (Wildman–Crippen MR) is 67.8 cm³/mol. The first-order valence-electron chi connectivity index (χ1n) is 5.31. The van der Waals surface area contributed by atoms with E-state index in [2.05, 4.69) is 10.3 Å². The molecular formula is C13H14FN3. The van der Waals surface area contributed by atoms with Gasteiger partial charge in [-0.1, -0.05) is 6.07 Å². The summed E-state index contributed by atoms with van der Waals surface area (Å²) in [6, 6.07) is 6.69. The van der Waals surface area contributed by atoms with Gasteiger partial charge >= 0.3 is 0 Å². The third kappa shape index (κ3) is 2.53. The lowest BCUT2D eigenvalue weighted by atomic mass is 10.2. The summed E-state index contributed by atoms with van der Waals surface area (Å²) in [6.45, 7) is 3.61. The van der Waals surface area contributed by atoms with Crippen molar-refractivity contribution >= 4 is 17.2 Å². The number of halogens is 1. The standard InChI is InChI=1S/C13H14FN3/c1-8-3-4-10(5-11(8)14)17-13-6-12(15)9(2)7-16-13/h3-7H,1-2H3,(H3,15,16,17). The highest BCUT2D eigenvalue weighted by molar-refractivity contribution is 5.61. The molecule has 0 radical (unpaired) electrons. The van der Waals surface area contributed by atoms with Gasteiger partial charge in [0.25, 0.3) is 0 Å². The molecule has 88 valence electrons. The Balaban J connectivity index is 2.25. The van der Waals surface area contributed by atoms with Gasteiger partial charge in [-0.25, -0.2) is 9.37 Å². The van der Waals surface area contributed by atoms with Gasteiger partial charge in [-0.15, -0.1) is 0 Å². The van der Waals surface area contributed by atoms with Crippen LogP contribution in [-0.4, -0.2) is 4.98 Å². The predicted octanol–water partition coefficient (Wildman–Crippen LogP) is 3.16. The number of rotatable bonds is 2. The summed E-state index contributed by atoms with van der Waals surface area (Å²) in [6.07, 6.45) is 1.68. The summed E-state index contributed by atoms with van der Waals surface area (Å²) >= 11 is 0. The zero-order valence-electron chi connectivity index (χ0n) is 9.79. The maximum absolute atomic E-state index is 13.3. The Morgan fingerprint density at radius 3 is 2.59 bits per heavy atom. The Bertz CT molecular complexity index is 503. The van der Waals surface area contributed by atoms with Gasteiger partial charge in [0.15, 0.2) is 0 Å². The van der Waals surface area contributed by atoms with Gasteiger partial charge < -0.3 is 11.1 Å². The SMILES string of the molecule is Cc1cnc(Nc2ccc(C)c(F)c2)cc1N. The zero-order chi connectivity index (χ0) is 12.4. The molecule has 0 bridgehead atoms. The molecule has 1 heterocycles. The highest BCUT2D eigenvalue weighted by Crippen LogP contribution is 2.20. The first kappa shape index (κ1) is 11.4. The van der Waals surface area contributed by atoms with Crippen molar-refractivity contribution in [2.24, 2.45) is 0 Å². The minimum Gasteiger partial charge on any atom is -0.398 e. The Labute approximate surface area is 99.5 Å². The van der Waals surface area contributed by atoms with E-state index in [9.17, 15) is 4.39 Å². The van der Waals surface area contributed by atoms with Crippen molar-refractivity contribution in [2.45, 2.75) is 13.8 Å². The average molecular weight is 231 g/mol. The van der Waals surface area contributed by atoms with Crippen molar-refractivity contribution in [2.75, 3.05) is 11.1 Å². The lowest BCUT2D eigenvalue weighted by molar-refractivity contribution is 0.619. The normalized spacial score (nSPS) is 10.3. The molecule has 2 aromatic rings. The van der Waals surface area contributed by atoms with E-state index >= 15 is 0 Å². The molecule has 0 spiro atoms. The zero-order valence-corrected chi connectivity index (χ0v) is 9.79. The van der Waals surface area contributed by atoms with Crippen LogP contribution in [-0.2, 0) is 0 Å². The first-order valence-corrected chi connectivity index (χ1v) is 5.31. The average Bonchev–Trinajstić information content (AvgIpc) is 2.29. The maximum atomic E-state index is 13.3. The number of hydrogen-bond acceptors (Lipinski definition) is 3. The lowest BCUT2D eigenvalue weighted by Gasteiger charge is -2.08. The molecule has 2 rings (SSSR count). The molecule has 1 aromatic heterocycles. The van der Waals surface area contributed by atoms with E-state index in [1.165, 1.54) is 6.07 Å². The molecule has 17 heavy (non-hydrogen) atoms. The number of aryl methyl sites for hydroxylation is 2. The van der Waals surface area contributed by atoms with E-state index < -0.39 is 0 Å². The molecule has 0 aliphatic carbocycles. The van der Waals surface area contributed by atoms with Crippen molar-refractivity contribution in [1.29, 1.82) is 0 Å². The van der Waals surface area contributed by atoms with E-state index in [1.807, 2.05) is 6.92 Å². The molecule has 0 saturated heterocycles. The molecule has 0 amide bonds. The molecule has 0 aliphatic heterocycles. The second-order valence-electron chi connectivity index (χ2n) is 4.02. The maximum Gasteiger partial charge on any atom is 0.132 e. The number of nitrogens with one attached hydrogen (secondary N) is 1. The fourth-order valence-corrected chi connectivity index (χ4v) is 1.43. The largest absolute Gasteiger partial charge is 0.398 e. The van der Waals surface area contributed by atoms with Gasteiger partial charge in [0, 0.05) is 23.6 Å². The Morgan fingerprint density at radius 1 is 1.18 bits per heavy atom. The number of pyridine rings is 1. The van der Waals surface area contributed by atoms with Gasteiger partial charge in [0.1, 0.15) is 11.6 Å². The second kappa shape index (κ2) is 4.41. The highest BCUT2D eigenvalue weighted by atomic mass is 19.1. The number of nitrogens with zero attached hydrogens (tertiary/aromatic N) is 1. The monoisotopic (exact) mass is 231 g/mol. The molecule has 0 fully saturated rings. The lowest BCUT2D eigenvalue weighted by Crippen LogP contribution is -1.98. The summed E-state index contributed by atoms with van der Waals surface area (Å²) in [5.74, 6) is 0.367. The fraction of sp³-hybridized carbons (Fsp3) is 0.154. The Morgan fingerprint density at radius 2 is 1.94 bits per heavy atom. The van der Waals surface area contributed by atoms with Gasteiger partial charge in [-0.3, -0.25) is 0 Å². The number of anilines is 3. The quantitative estimate of drug-likeness (QED) is 0.834. The van der Waals surface area contributed by atoms with Crippen LogP contribution in [0.1, 0.15) is 11.1 Å². The fourth-order valence-electron chi connectivity index (χ4n) is 1.43. The molecule has 0 aliphatic rings. The van der Waals surface area contributed by atoms with Crippen molar-refractivity contribution in [3.05, 3.63) is 47.4 Å². The summed E-state index contributed by atoms with van der Waals surface area (Å²) in [5, 5.41) is 3.01. The van der Waals surface area contributed by atoms with Gasteiger partial charge in [-0.2, -0.15) is 0 Å². The highest BCUT2D eigenvalue weighted by Gasteiger charge is 2.02. The van der Waals surface area contributed by atoms with Crippen LogP contribution in [0, 0.1) is 19.7 Å². The Hall–Kier alpha value is -2.10. The van der Waals surface area contributed by atoms with Gasteiger partial charge in [-0.05, 0) is 37.1 Å². The van der Waals surface area contributed by atoms with Crippen LogP contribution in [0.3, 0.4) is 0 Å². The molecule has 0 saturated carbocycles. The molecule has 0 unspecified atom stereocenters. The topological polar surface area (TPSA) is 50.9 Å². The van der Waals surface area contributed by atoms with E-state index in [4.69, 9.17) is 5.73 Å². The molecule has 1 aromatic carbocycles. The van der Waals surface area contributed by atoms with E-state index in [0.717, 1.165) is 5.56 Å². The van der Waals surface area contributed by atoms with Crippen LogP contribution >= 0.6 is 0 Å². The molecule has 0 atom stereocenters. The summed E-state index contributed by atoms with van der Waals surface area (Å²) in [5.41, 5.74) is 8.63. The molecule has 3 nitrogen and oxygen atoms in total. The van der Waals surface area contributed by atoms with Gasteiger partial charge in [0.05, 0.1) is 0 Å². The van der Waals surface area contributed by atoms with Crippen LogP contribution in [0.15, 0.2) is 30.5 Å². The van der Waals surface area contributed by atoms with Crippen LogP contribution in [0.4, 0.5) is 21.6 Å². The van der Waals surface area contributed by atoms with Crippen LogP contribution in [0.5, 0.6) is 0 Å². The summed E-state index contributed by atoms with van der Waals surface area (Å²) in [4.78, 5) is 4.17. The van der Waals surface area contributed by atoms with Gasteiger partial charge in [0.2, 0.25) is 0 Å². The molecule has 3 N–H and O–H groups in total. The Kier molecular flexibility index (Phi) is 2.95. The number of nitrogens with two attached hydrogens (primary N) is 1. The smallest absolute Gasteiger partial charge is 0.132 e. The number of aromatic nitrogens is 1. The summed E-state index contributed by atoms with van der Waals surface area (Å²) in [7, 11) is 0. The van der Waals surface area contributed by atoms with Crippen molar-refractivity contribution < 1.29 is 4.39 Å². The minimum absolute atomic E-state index is 0.241. The van der Waals surface area contributed by atoms with Crippen LogP contribution < -0.4 is 11.1 Å². The number of benzene rings is 1.